The Kier molecular flexibility index (Phi) is 2.91. The lowest BCUT2D eigenvalue weighted by Crippen LogP contribution is -2.37. The van der Waals surface area contributed by atoms with E-state index in [-0.39, 0.29) is 17.0 Å². The summed E-state index contributed by atoms with van der Waals surface area (Å²) in [4.78, 5) is 14.0. The topological polar surface area (TPSA) is 29.5 Å². The van der Waals surface area contributed by atoms with E-state index < -0.39 is 0 Å². The number of hydrogen-bond donors (Lipinski definition) is 0. The van der Waals surface area contributed by atoms with Crippen LogP contribution in [0.3, 0.4) is 0 Å². The van der Waals surface area contributed by atoms with Crippen molar-refractivity contribution in [2.24, 2.45) is 5.41 Å². The fraction of sp³-hybridized carbons (Fsp3) is 0.909. The summed E-state index contributed by atoms with van der Waals surface area (Å²) in [5, 5.41) is 0. The lowest BCUT2D eigenvalue weighted by atomic mass is 9.90. The first-order chi connectivity index (χ1) is 6.23. The number of esters is 1. The van der Waals surface area contributed by atoms with Gasteiger partial charge in [0.05, 0.1) is 5.41 Å². The fourth-order valence-electron chi connectivity index (χ4n) is 1.76. The molecule has 0 aromatic carbocycles. The van der Waals surface area contributed by atoms with Gasteiger partial charge in [0, 0.05) is 6.54 Å². The van der Waals surface area contributed by atoms with Gasteiger partial charge in [-0.15, -0.1) is 0 Å². The molecular weight excluding hydrogens is 178 g/mol. The lowest BCUT2D eigenvalue weighted by Gasteiger charge is -2.27. The van der Waals surface area contributed by atoms with Crippen molar-refractivity contribution in [1.82, 2.24) is 4.90 Å². The summed E-state index contributed by atoms with van der Waals surface area (Å²) >= 11 is 0. The van der Waals surface area contributed by atoms with Crippen molar-refractivity contribution in [2.75, 3.05) is 20.1 Å². The average Bonchev–Trinajstić information content (AvgIpc) is 2.29. The van der Waals surface area contributed by atoms with E-state index in [2.05, 4.69) is 4.90 Å². The van der Waals surface area contributed by atoms with Crippen LogP contribution in [0.4, 0.5) is 0 Å². The molecule has 1 aliphatic heterocycles. The van der Waals surface area contributed by atoms with E-state index in [1.54, 1.807) is 0 Å². The number of rotatable bonds is 1. The molecule has 0 aromatic rings. The third-order valence-corrected chi connectivity index (χ3v) is 2.56. The van der Waals surface area contributed by atoms with Crippen molar-refractivity contribution in [3.8, 4) is 0 Å². The second kappa shape index (κ2) is 3.54. The molecule has 14 heavy (non-hydrogen) atoms. The molecular formula is C11H21NO2. The van der Waals surface area contributed by atoms with Crippen LogP contribution in [0.1, 0.15) is 34.1 Å². The van der Waals surface area contributed by atoms with Crippen LogP contribution < -0.4 is 0 Å². The number of hydrogen-bond acceptors (Lipinski definition) is 3. The number of likely N-dealkylation sites (tertiary alicyclic amines) is 1. The van der Waals surface area contributed by atoms with Gasteiger partial charge >= 0.3 is 5.97 Å². The van der Waals surface area contributed by atoms with Crippen molar-refractivity contribution < 1.29 is 9.53 Å². The molecule has 3 nitrogen and oxygen atoms in total. The van der Waals surface area contributed by atoms with Crippen molar-refractivity contribution >= 4 is 5.97 Å². The molecule has 1 atom stereocenters. The molecule has 0 radical (unpaired) electrons. The van der Waals surface area contributed by atoms with E-state index in [1.807, 2.05) is 34.7 Å². The minimum Gasteiger partial charge on any atom is -0.460 e. The second-order valence-corrected chi connectivity index (χ2v) is 5.55. The number of nitrogens with zero attached hydrogens (tertiary/aromatic N) is 1. The van der Waals surface area contributed by atoms with Crippen molar-refractivity contribution in [3.05, 3.63) is 0 Å². The summed E-state index contributed by atoms with van der Waals surface area (Å²) in [6.07, 6.45) is 0.901. The first-order valence-corrected chi connectivity index (χ1v) is 5.15. The maximum atomic E-state index is 11.9. The average molecular weight is 199 g/mol. The molecule has 1 heterocycles. The Balaban J connectivity index is 2.61. The molecule has 1 fully saturated rings. The van der Waals surface area contributed by atoms with Crippen LogP contribution in [0.2, 0.25) is 0 Å². The van der Waals surface area contributed by atoms with Gasteiger partial charge in [-0.25, -0.2) is 0 Å². The summed E-state index contributed by atoms with van der Waals surface area (Å²) in [5.74, 6) is -0.0608. The summed E-state index contributed by atoms with van der Waals surface area (Å²) in [5.41, 5.74) is -0.677. The molecule has 0 spiro atoms. The van der Waals surface area contributed by atoms with E-state index in [4.69, 9.17) is 4.74 Å². The Labute approximate surface area is 86.4 Å². The van der Waals surface area contributed by atoms with Gasteiger partial charge in [-0.2, -0.15) is 0 Å². The molecule has 1 unspecified atom stereocenters. The van der Waals surface area contributed by atoms with Crippen molar-refractivity contribution in [2.45, 2.75) is 39.7 Å². The first kappa shape index (κ1) is 11.5. The molecule has 0 amide bonds. The third-order valence-electron chi connectivity index (χ3n) is 2.56. The van der Waals surface area contributed by atoms with Crippen LogP contribution in [-0.4, -0.2) is 36.6 Å². The first-order valence-electron chi connectivity index (χ1n) is 5.15. The van der Waals surface area contributed by atoms with Gasteiger partial charge in [0.1, 0.15) is 5.60 Å². The van der Waals surface area contributed by atoms with Crippen LogP contribution >= 0.6 is 0 Å². The van der Waals surface area contributed by atoms with E-state index in [9.17, 15) is 4.79 Å². The van der Waals surface area contributed by atoms with Gasteiger partial charge in [0.15, 0.2) is 0 Å². The van der Waals surface area contributed by atoms with Crippen LogP contribution in [-0.2, 0) is 9.53 Å². The maximum absolute atomic E-state index is 11.9. The highest BCUT2D eigenvalue weighted by Gasteiger charge is 2.41. The van der Waals surface area contributed by atoms with Gasteiger partial charge in [-0.3, -0.25) is 4.79 Å². The summed E-state index contributed by atoms with van der Waals surface area (Å²) in [7, 11) is 2.04. The Morgan fingerprint density at radius 2 is 2.00 bits per heavy atom. The molecule has 1 saturated heterocycles. The minimum absolute atomic E-state index is 0.0608. The molecule has 1 aliphatic rings. The van der Waals surface area contributed by atoms with Crippen molar-refractivity contribution in [3.63, 3.8) is 0 Å². The van der Waals surface area contributed by atoms with Crippen LogP contribution in [0, 0.1) is 5.41 Å². The largest absolute Gasteiger partial charge is 0.460 e. The minimum atomic E-state index is -0.374. The Morgan fingerprint density at radius 1 is 1.43 bits per heavy atom. The van der Waals surface area contributed by atoms with Gasteiger partial charge in [0.25, 0.3) is 0 Å². The lowest BCUT2D eigenvalue weighted by molar-refractivity contribution is -0.165. The highest BCUT2D eigenvalue weighted by Crippen LogP contribution is 2.31. The van der Waals surface area contributed by atoms with Crippen molar-refractivity contribution in [1.29, 1.82) is 0 Å². The molecule has 82 valence electrons. The maximum Gasteiger partial charge on any atom is 0.313 e. The van der Waals surface area contributed by atoms with E-state index in [0.717, 1.165) is 19.5 Å². The summed E-state index contributed by atoms with van der Waals surface area (Å²) in [6.45, 7) is 9.51. The molecule has 0 bridgehead atoms. The van der Waals surface area contributed by atoms with Gasteiger partial charge in [-0.05, 0) is 47.7 Å². The van der Waals surface area contributed by atoms with E-state index in [1.165, 1.54) is 0 Å². The van der Waals surface area contributed by atoms with Crippen LogP contribution in [0.15, 0.2) is 0 Å². The predicted octanol–water partition coefficient (Wildman–Crippen LogP) is 1.67. The second-order valence-electron chi connectivity index (χ2n) is 5.55. The quantitative estimate of drug-likeness (QED) is 0.602. The Hall–Kier alpha value is -0.570. The molecule has 3 heteroatoms. The SMILES string of the molecule is CN1CCC(C)(C(=O)OC(C)(C)C)C1. The predicted molar refractivity (Wildman–Crippen MR) is 56.1 cm³/mol. The van der Waals surface area contributed by atoms with Gasteiger partial charge < -0.3 is 9.64 Å². The van der Waals surface area contributed by atoms with Crippen LogP contribution in [0.25, 0.3) is 0 Å². The normalized spacial score (nSPS) is 29.2. The van der Waals surface area contributed by atoms with E-state index >= 15 is 0 Å². The molecule has 0 aromatic heterocycles. The third kappa shape index (κ3) is 2.71. The smallest absolute Gasteiger partial charge is 0.313 e. The van der Waals surface area contributed by atoms with Gasteiger partial charge in [-0.1, -0.05) is 0 Å². The number of carbonyl (C=O) groups excluding carboxylic acids is 1. The molecule has 0 saturated carbocycles. The zero-order valence-electron chi connectivity index (χ0n) is 9.89. The number of carbonyl (C=O) groups is 1. The van der Waals surface area contributed by atoms with Crippen LogP contribution in [0.5, 0.6) is 0 Å². The zero-order chi connectivity index (χ0) is 11.0. The standard InChI is InChI=1S/C11H21NO2/c1-10(2,3)14-9(13)11(4)6-7-12(5)8-11/h6-8H2,1-5H3. The fourth-order valence-corrected chi connectivity index (χ4v) is 1.76. The highest BCUT2D eigenvalue weighted by atomic mass is 16.6. The van der Waals surface area contributed by atoms with Gasteiger partial charge in [0.2, 0.25) is 0 Å². The molecule has 0 aliphatic carbocycles. The highest BCUT2D eigenvalue weighted by molar-refractivity contribution is 5.77. The molecule has 1 rings (SSSR count). The Bertz CT molecular complexity index is 232. The monoisotopic (exact) mass is 199 g/mol. The summed E-state index contributed by atoms with van der Waals surface area (Å²) in [6, 6.07) is 0. The summed E-state index contributed by atoms with van der Waals surface area (Å²) < 4.78 is 5.41. The van der Waals surface area contributed by atoms with E-state index in [0.29, 0.717) is 0 Å². The Morgan fingerprint density at radius 3 is 2.36 bits per heavy atom. The number of ether oxygens (including phenoxy) is 1. The molecule has 0 N–H and O–H groups in total. The zero-order valence-corrected chi connectivity index (χ0v) is 9.89.